The van der Waals surface area contributed by atoms with E-state index >= 15 is 0 Å². The normalized spacial score (nSPS) is 10.5. The number of carbonyl (C=O) groups excluding carboxylic acids is 1. The molecule has 4 nitrogen and oxygen atoms in total. The van der Waals surface area contributed by atoms with Gasteiger partial charge in [0.1, 0.15) is 0 Å². The number of hydrogen-bond acceptors (Lipinski definition) is 3. The van der Waals surface area contributed by atoms with Crippen LogP contribution in [0.3, 0.4) is 0 Å². The number of nitrogens with zero attached hydrogens (tertiary/aromatic N) is 2. The third-order valence-electron chi connectivity index (χ3n) is 2.48. The van der Waals surface area contributed by atoms with E-state index in [1.54, 1.807) is 36.0 Å². The first kappa shape index (κ1) is 13.9. The van der Waals surface area contributed by atoms with Crippen LogP contribution < -0.4 is 0 Å². The van der Waals surface area contributed by atoms with Crippen LogP contribution in [0.25, 0.3) is 0 Å². The number of ether oxygens (including phenoxy) is 1. The molecule has 0 bridgehead atoms. The van der Waals surface area contributed by atoms with Gasteiger partial charge in [0.2, 0.25) is 0 Å². The van der Waals surface area contributed by atoms with E-state index in [0.717, 1.165) is 5.56 Å². The van der Waals surface area contributed by atoms with Crippen LogP contribution in [0.4, 0.5) is 0 Å². The number of hydrogen-bond donors (Lipinski definition) is 0. The monoisotopic (exact) mass is 298 g/mol. The molecule has 0 N–H and O–H groups in total. The zero-order chi connectivity index (χ0) is 13.8. The van der Waals surface area contributed by atoms with Crippen molar-refractivity contribution in [2.24, 2.45) is 0 Å². The van der Waals surface area contributed by atoms with Gasteiger partial charge in [-0.25, -0.2) is 4.79 Å². The minimum Gasteiger partial charge on any atom is -0.462 e. The van der Waals surface area contributed by atoms with Gasteiger partial charge < -0.3 is 4.74 Å². The molecule has 2 aromatic rings. The van der Waals surface area contributed by atoms with E-state index < -0.39 is 0 Å². The molecule has 0 unspecified atom stereocenters. The fourth-order valence-corrected chi connectivity index (χ4v) is 1.98. The Morgan fingerprint density at radius 3 is 2.95 bits per heavy atom. The second-order valence-electron chi connectivity index (χ2n) is 3.88. The molecule has 0 atom stereocenters. The van der Waals surface area contributed by atoms with Crippen LogP contribution in [-0.2, 0) is 11.3 Å². The van der Waals surface area contributed by atoms with Gasteiger partial charge in [0, 0.05) is 16.2 Å². The minimum atomic E-state index is -0.383. The van der Waals surface area contributed by atoms with Gasteiger partial charge in [0.25, 0.3) is 0 Å². The van der Waals surface area contributed by atoms with Crippen molar-refractivity contribution < 1.29 is 9.53 Å². The van der Waals surface area contributed by atoms with E-state index in [-0.39, 0.29) is 5.97 Å². The van der Waals surface area contributed by atoms with Crippen molar-refractivity contribution in [3.63, 3.8) is 0 Å². The van der Waals surface area contributed by atoms with Crippen LogP contribution >= 0.6 is 23.2 Å². The molecule has 0 radical (unpaired) electrons. The van der Waals surface area contributed by atoms with Gasteiger partial charge in [-0.15, -0.1) is 0 Å². The zero-order valence-corrected chi connectivity index (χ0v) is 11.8. The Morgan fingerprint density at radius 2 is 2.21 bits per heavy atom. The topological polar surface area (TPSA) is 44.1 Å². The summed E-state index contributed by atoms with van der Waals surface area (Å²) < 4.78 is 6.51. The average molecular weight is 299 g/mol. The first-order valence-electron chi connectivity index (χ1n) is 5.73. The average Bonchev–Trinajstić information content (AvgIpc) is 2.83. The van der Waals surface area contributed by atoms with Crippen LogP contribution in [-0.4, -0.2) is 22.4 Å². The molecule has 0 amide bonds. The highest BCUT2D eigenvalue weighted by Crippen LogP contribution is 2.21. The summed E-state index contributed by atoms with van der Waals surface area (Å²) in [6.45, 7) is 2.54. The number of esters is 1. The molecular formula is C13H12Cl2N2O2. The Labute approximate surface area is 120 Å². The molecule has 0 fully saturated rings. The van der Waals surface area contributed by atoms with E-state index in [4.69, 9.17) is 27.9 Å². The smallest absolute Gasteiger partial charge is 0.341 e. The fraction of sp³-hybridized carbons (Fsp3) is 0.231. The second kappa shape index (κ2) is 6.08. The number of rotatable bonds is 4. The van der Waals surface area contributed by atoms with Crippen LogP contribution in [0.5, 0.6) is 0 Å². The molecule has 6 heteroatoms. The van der Waals surface area contributed by atoms with Crippen molar-refractivity contribution in [1.29, 1.82) is 0 Å². The molecule has 100 valence electrons. The molecule has 0 saturated carbocycles. The maximum absolute atomic E-state index is 11.5. The van der Waals surface area contributed by atoms with Crippen LogP contribution in [0, 0.1) is 0 Å². The summed E-state index contributed by atoms with van der Waals surface area (Å²) in [5.41, 5.74) is 1.26. The zero-order valence-electron chi connectivity index (χ0n) is 10.3. The summed E-state index contributed by atoms with van der Waals surface area (Å²) in [5, 5.41) is 5.32. The van der Waals surface area contributed by atoms with E-state index in [0.29, 0.717) is 28.8 Å². The van der Waals surface area contributed by atoms with E-state index in [2.05, 4.69) is 5.10 Å². The molecule has 1 heterocycles. The van der Waals surface area contributed by atoms with Gasteiger partial charge in [-0.3, -0.25) is 4.68 Å². The second-order valence-corrected chi connectivity index (χ2v) is 4.73. The number of halogens is 2. The summed E-state index contributed by atoms with van der Waals surface area (Å²) in [7, 11) is 0. The van der Waals surface area contributed by atoms with Crippen molar-refractivity contribution >= 4 is 29.2 Å². The third-order valence-corrected chi connectivity index (χ3v) is 3.09. The molecule has 0 aliphatic heterocycles. The lowest BCUT2D eigenvalue weighted by Gasteiger charge is -2.05. The number of aromatic nitrogens is 2. The van der Waals surface area contributed by atoms with Crippen molar-refractivity contribution in [3.8, 4) is 0 Å². The van der Waals surface area contributed by atoms with Crippen molar-refractivity contribution in [2.75, 3.05) is 6.61 Å². The lowest BCUT2D eigenvalue weighted by atomic mass is 10.2. The van der Waals surface area contributed by atoms with Crippen LogP contribution in [0.2, 0.25) is 10.0 Å². The Morgan fingerprint density at radius 1 is 1.42 bits per heavy atom. The highest BCUT2D eigenvalue weighted by molar-refractivity contribution is 6.33. The highest BCUT2D eigenvalue weighted by atomic mass is 35.5. The summed E-state index contributed by atoms with van der Waals surface area (Å²) in [6.07, 6.45) is 3.09. The Hall–Kier alpha value is -1.52. The Kier molecular flexibility index (Phi) is 4.45. The SMILES string of the molecule is CCOC(=O)c1cnn(Cc2cc(Cl)ccc2Cl)c1. The van der Waals surface area contributed by atoms with Gasteiger partial charge in [-0.2, -0.15) is 5.10 Å². The fourth-order valence-electron chi connectivity index (χ4n) is 1.61. The lowest BCUT2D eigenvalue weighted by molar-refractivity contribution is 0.0526. The molecule has 0 saturated heterocycles. The van der Waals surface area contributed by atoms with Crippen molar-refractivity contribution in [2.45, 2.75) is 13.5 Å². The van der Waals surface area contributed by atoms with Gasteiger partial charge >= 0.3 is 5.97 Å². The molecule has 0 spiro atoms. The van der Waals surface area contributed by atoms with Crippen molar-refractivity contribution in [1.82, 2.24) is 9.78 Å². The largest absolute Gasteiger partial charge is 0.462 e. The van der Waals surface area contributed by atoms with Crippen molar-refractivity contribution in [3.05, 3.63) is 51.8 Å². The third kappa shape index (κ3) is 3.49. The molecule has 0 aliphatic rings. The number of carbonyl (C=O) groups is 1. The maximum atomic E-state index is 11.5. The predicted molar refractivity (Wildman–Crippen MR) is 73.7 cm³/mol. The van der Waals surface area contributed by atoms with Gasteiger partial charge in [0.15, 0.2) is 0 Å². The highest BCUT2D eigenvalue weighted by Gasteiger charge is 2.10. The first-order valence-corrected chi connectivity index (χ1v) is 6.49. The summed E-state index contributed by atoms with van der Waals surface area (Å²) in [5.74, 6) is -0.383. The van der Waals surface area contributed by atoms with Gasteiger partial charge in [-0.05, 0) is 30.7 Å². The van der Waals surface area contributed by atoms with Crippen LogP contribution in [0.15, 0.2) is 30.6 Å². The standard InChI is InChI=1S/C13H12Cl2N2O2/c1-2-19-13(18)10-6-16-17(8-10)7-9-5-11(14)3-4-12(9)15/h3-6,8H,2,7H2,1H3. The minimum absolute atomic E-state index is 0.337. The van der Waals surface area contributed by atoms with Gasteiger partial charge in [-0.1, -0.05) is 23.2 Å². The first-order chi connectivity index (χ1) is 9.10. The Bertz CT molecular complexity index is 596. The molecule has 19 heavy (non-hydrogen) atoms. The summed E-state index contributed by atoms with van der Waals surface area (Å²) in [4.78, 5) is 11.5. The maximum Gasteiger partial charge on any atom is 0.341 e. The van der Waals surface area contributed by atoms with Gasteiger partial charge in [0.05, 0.1) is 24.9 Å². The van der Waals surface area contributed by atoms with Crippen LogP contribution in [0.1, 0.15) is 22.8 Å². The lowest BCUT2D eigenvalue weighted by Crippen LogP contribution is -2.04. The Balaban J connectivity index is 2.15. The molecule has 1 aromatic carbocycles. The molecule has 1 aromatic heterocycles. The van der Waals surface area contributed by atoms with E-state index in [1.165, 1.54) is 6.20 Å². The van der Waals surface area contributed by atoms with E-state index in [9.17, 15) is 4.79 Å². The summed E-state index contributed by atoms with van der Waals surface area (Å²) >= 11 is 12.0. The molecular weight excluding hydrogens is 287 g/mol. The molecule has 2 rings (SSSR count). The predicted octanol–water partition coefficient (Wildman–Crippen LogP) is 3.41. The summed E-state index contributed by atoms with van der Waals surface area (Å²) in [6, 6.07) is 5.23. The number of benzene rings is 1. The quantitative estimate of drug-likeness (QED) is 0.813. The van der Waals surface area contributed by atoms with E-state index in [1.807, 2.05) is 0 Å². The molecule has 0 aliphatic carbocycles.